The fourth-order valence-corrected chi connectivity index (χ4v) is 3.41. The number of amides is 2. The Hall–Kier alpha value is -4.37. The molecule has 0 aliphatic rings. The summed E-state index contributed by atoms with van der Waals surface area (Å²) in [5.41, 5.74) is 2.56. The van der Waals surface area contributed by atoms with E-state index < -0.39 is 36.7 Å². The molecule has 9 heteroatoms. The van der Waals surface area contributed by atoms with Gasteiger partial charge in [-0.25, -0.2) is 9.59 Å². The lowest BCUT2D eigenvalue weighted by Crippen LogP contribution is -2.54. The number of esters is 1. The molecule has 0 aliphatic carbocycles. The number of methoxy groups -OCH3 is 1. The lowest BCUT2D eigenvalue weighted by atomic mass is 10.1. The molecule has 3 aromatic rings. The summed E-state index contributed by atoms with van der Waals surface area (Å²) >= 11 is 0. The van der Waals surface area contributed by atoms with Gasteiger partial charge in [0.15, 0.2) is 0 Å². The number of hydrogen-bond donors (Lipinski definition) is 3. The lowest BCUT2D eigenvalue weighted by Gasteiger charge is -2.21. The average molecular weight is 507 g/mol. The second-order valence-corrected chi connectivity index (χ2v) is 8.15. The van der Waals surface area contributed by atoms with Crippen LogP contribution in [0.4, 0.5) is 4.79 Å². The zero-order chi connectivity index (χ0) is 26.5. The maximum atomic E-state index is 12.7. The van der Waals surface area contributed by atoms with Crippen molar-refractivity contribution in [1.29, 1.82) is 0 Å². The highest BCUT2D eigenvalue weighted by atomic mass is 16.5. The van der Waals surface area contributed by atoms with Gasteiger partial charge in [0.1, 0.15) is 31.0 Å². The Bertz CT molecular complexity index is 1140. The predicted octanol–water partition coefficient (Wildman–Crippen LogP) is 2.75. The van der Waals surface area contributed by atoms with E-state index in [0.29, 0.717) is 12.4 Å². The van der Waals surface area contributed by atoms with Gasteiger partial charge in [-0.2, -0.15) is 0 Å². The van der Waals surface area contributed by atoms with Crippen molar-refractivity contribution in [3.05, 3.63) is 102 Å². The molecule has 3 N–H and O–H groups in total. The van der Waals surface area contributed by atoms with Crippen molar-refractivity contribution in [3.8, 4) is 5.75 Å². The third kappa shape index (κ3) is 8.97. The molecule has 0 aliphatic heterocycles. The molecule has 2 amide bonds. The third-order valence-corrected chi connectivity index (χ3v) is 5.42. The van der Waals surface area contributed by atoms with Crippen molar-refractivity contribution < 1.29 is 33.7 Å². The second kappa shape index (κ2) is 14.3. The van der Waals surface area contributed by atoms with E-state index in [0.717, 1.165) is 16.7 Å². The van der Waals surface area contributed by atoms with Gasteiger partial charge in [0, 0.05) is 6.42 Å². The Balaban J connectivity index is 1.54. The molecule has 3 rings (SSSR count). The van der Waals surface area contributed by atoms with E-state index in [-0.39, 0.29) is 13.0 Å². The minimum atomic E-state index is -1.32. The molecule has 0 fully saturated rings. The van der Waals surface area contributed by atoms with E-state index in [1.165, 1.54) is 7.11 Å². The number of aliphatic hydroxyl groups is 1. The van der Waals surface area contributed by atoms with Gasteiger partial charge in [-0.3, -0.25) is 4.79 Å². The van der Waals surface area contributed by atoms with E-state index in [1.807, 2.05) is 36.4 Å². The number of carbonyl (C=O) groups is 3. The van der Waals surface area contributed by atoms with Gasteiger partial charge < -0.3 is 30.0 Å². The minimum absolute atomic E-state index is 0.00227. The van der Waals surface area contributed by atoms with Crippen LogP contribution < -0.4 is 15.4 Å². The molecule has 2 atom stereocenters. The van der Waals surface area contributed by atoms with Crippen molar-refractivity contribution in [2.24, 2.45) is 0 Å². The van der Waals surface area contributed by atoms with E-state index >= 15 is 0 Å². The molecule has 0 spiro atoms. The summed E-state index contributed by atoms with van der Waals surface area (Å²) in [6.07, 6.45) is -0.743. The van der Waals surface area contributed by atoms with Crippen molar-refractivity contribution in [2.45, 2.75) is 31.7 Å². The number of aliphatic hydroxyl groups excluding tert-OH is 1. The first-order valence-electron chi connectivity index (χ1n) is 11.7. The van der Waals surface area contributed by atoms with E-state index in [2.05, 4.69) is 10.6 Å². The molecule has 0 unspecified atom stereocenters. The smallest absolute Gasteiger partial charge is 0.408 e. The molecule has 0 radical (unpaired) electrons. The summed E-state index contributed by atoms with van der Waals surface area (Å²) in [5, 5.41) is 14.5. The zero-order valence-corrected chi connectivity index (χ0v) is 20.5. The van der Waals surface area contributed by atoms with E-state index in [9.17, 15) is 19.5 Å². The van der Waals surface area contributed by atoms with Crippen LogP contribution in [0.3, 0.4) is 0 Å². The predicted molar refractivity (Wildman–Crippen MR) is 136 cm³/mol. The van der Waals surface area contributed by atoms with Crippen LogP contribution >= 0.6 is 0 Å². The maximum absolute atomic E-state index is 12.7. The van der Waals surface area contributed by atoms with Gasteiger partial charge in [0.25, 0.3) is 0 Å². The average Bonchev–Trinajstić information content (AvgIpc) is 2.94. The highest BCUT2D eigenvalue weighted by molar-refractivity contribution is 5.89. The molecule has 0 bridgehead atoms. The number of ether oxygens (including phenoxy) is 3. The maximum Gasteiger partial charge on any atom is 0.408 e. The van der Waals surface area contributed by atoms with Gasteiger partial charge in [-0.05, 0) is 28.8 Å². The van der Waals surface area contributed by atoms with Crippen molar-refractivity contribution in [3.63, 3.8) is 0 Å². The standard InChI is InChI=1S/C28H30N2O7/c1-35-27(33)24(16-20-12-14-23(15-13-20)36-18-21-8-4-2-5-9-21)29-26(32)25(17-31)30-28(34)37-19-22-10-6-3-7-11-22/h2-15,24-25,31H,16-19H2,1H3,(H,29,32)(H,30,34)/t24-,25+/m1/s1. The quantitative estimate of drug-likeness (QED) is 0.323. The molecule has 37 heavy (non-hydrogen) atoms. The van der Waals surface area contributed by atoms with E-state index in [1.54, 1.807) is 48.5 Å². The summed E-state index contributed by atoms with van der Waals surface area (Å²) in [6, 6.07) is 23.5. The highest BCUT2D eigenvalue weighted by Crippen LogP contribution is 2.16. The number of rotatable bonds is 12. The lowest BCUT2D eigenvalue weighted by molar-refractivity contribution is -0.145. The zero-order valence-electron chi connectivity index (χ0n) is 20.5. The van der Waals surface area contributed by atoms with E-state index in [4.69, 9.17) is 14.2 Å². The third-order valence-electron chi connectivity index (χ3n) is 5.42. The van der Waals surface area contributed by atoms with Gasteiger partial charge in [0.2, 0.25) is 5.91 Å². The van der Waals surface area contributed by atoms with Crippen LogP contribution in [0.25, 0.3) is 0 Å². The van der Waals surface area contributed by atoms with Crippen LogP contribution in [-0.2, 0) is 38.7 Å². The van der Waals surface area contributed by atoms with Crippen LogP contribution in [-0.4, -0.2) is 48.9 Å². The summed E-state index contributed by atoms with van der Waals surface area (Å²) in [5.74, 6) is -0.761. The first-order chi connectivity index (χ1) is 18.0. The largest absolute Gasteiger partial charge is 0.489 e. The normalized spacial score (nSPS) is 12.1. The Morgan fingerprint density at radius 3 is 1.92 bits per heavy atom. The van der Waals surface area contributed by atoms with Crippen molar-refractivity contribution >= 4 is 18.0 Å². The number of benzene rings is 3. The fraction of sp³-hybridized carbons (Fsp3) is 0.250. The van der Waals surface area contributed by atoms with Gasteiger partial charge in [-0.15, -0.1) is 0 Å². The molecule has 9 nitrogen and oxygen atoms in total. The summed E-state index contributed by atoms with van der Waals surface area (Å²) < 4.78 is 15.7. The molecular weight excluding hydrogens is 476 g/mol. The van der Waals surface area contributed by atoms with Gasteiger partial charge in [0.05, 0.1) is 13.7 Å². The molecule has 0 heterocycles. The van der Waals surface area contributed by atoms with Crippen LogP contribution in [0.1, 0.15) is 16.7 Å². The summed E-state index contributed by atoms with van der Waals surface area (Å²) in [7, 11) is 1.21. The van der Waals surface area contributed by atoms with Gasteiger partial charge in [-0.1, -0.05) is 72.8 Å². The second-order valence-electron chi connectivity index (χ2n) is 8.15. The molecule has 0 aromatic heterocycles. The molecule has 0 saturated carbocycles. The first kappa shape index (κ1) is 27.2. The number of alkyl carbamates (subject to hydrolysis) is 1. The molecular formula is C28H30N2O7. The number of nitrogens with one attached hydrogen (secondary N) is 2. The summed E-state index contributed by atoms with van der Waals surface area (Å²) in [4.78, 5) is 37.1. The minimum Gasteiger partial charge on any atom is -0.489 e. The van der Waals surface area contributed by atoms with Crippen LogP contribution in [0.2, 0.25) is 0 Å². The van der Waals surface area contributed by atoms with Crippen molar-refractivity contribution in [2.75, 3.05) is 13.7 Å². The van der Waals surface area contributed by atoms with Crippen LogP contribution in [0.5, 0.6) is 5.75 Å². The van der Waals surface area contributed by atoms with Crippen LogP contribution in [0.15, 0.2) is 84.9 Å². The Morgan fingerprint density at radius 2 is 1.35 bits per heavy atom. The molecule has 194 valence electrons. The Labute approximate surface area is 215 Å². The Kier molecular flexibility index (Phi) is 10.5. The number of carbonyl (C=O) groups excluding carboxylic acids is 3. The molecule has 0 saturated heterocycles. The van der Waals surface area contributed by atoms with Crippen molar-refractivity contribution in [1.82, 2.24) is 10.6 Å². The first-order valence-corrected chi connectivity index (χ1v) is 11.7. The topological polar surface area (TPSA) is 123 Å². The SMILES string of the molecule is COC(=O)[C@@H](Cc1ccc(OCc2ccccc2)cc1)NC(=O)[C@H](CO)NC(=O)OCc1ccccc1. The van der Waals surface area contributed by atoms with Crippen LogP contribution in [0, 0.1) is 0 Å². The monoisotopic (exact) mass is 506 g/mol. The number of hydrogen-bond acceptors (Lipinski definition) is 7. The fourth-order valence-electron chi connectivity index (χ4n) is 3.41. The highest BCUT2D eigenvalue weighted by Gasteiger charge is 2.27. The summed E-state index contributed by atoms with van der Waals surface area (Å²) in [6.45, 7) is -0.264. The van der Waals surface area contributed by atoms with Gasteiger partial charge >= 0.3 is 12.1 Å². The Morgan fingerprint density at radius 1 is 0.757 bits per heavy atom. The molecule has 3 aromatic carbocycles.